The Labute approximate surface area is 122 Å². The molecule has 2 rings (SSSR count). The molecule has 0 unspecified atom stereocenters. The molecule has 5 nitrogen and oxygen atoms in total. The lowest BCUT2D eigenvalue weighted by molar-refractivity contribution is 0.0948. The Morgan fingerprint density at radius 3 is 2.75 bits per heavy atom. The van der Waals surface area contributed by atoms with E-state index in [-0.39, 0.29) is 5.91 Å². The molecule has 1 heterocycles. The van der Waals surface area contributed by atoms with Crippen LogP contribution in [0.15, 0.2) is 30.5 Å². The second kappa shape index (κ2) is 7.05. The van der Waals surface area contributed by atoms with Crippen molar-refractivity contribution in [3.05, 3.63) is 41.2 Å². The van der Waals surface area contributed by atoms with Crippen LogP contribution in [0.2, 0.25) is 5.02 Å². The Kier molecular flexibility index (Phi) is 5.12. The summed E-state index contributed by atoms with van der Waals surface area (Å²) >= 11 is 5.83. The molecule has 0 fully saturated rings. The van der Waals surface area contributed by atoms with Gasteiger partial charge in [-0.15, -0.1) is 5.10 Å². The molecule has 0 saturated heterocycles. The number of nitrogens with zero attached hydrogens (tertiary/aromatic N) is 3. The van der Waals surface area contributed by atoms with Crippen LogP contribution in [0, 0.1) is 0 Å². The summed E-state index contributed by atoms with van der Waals surface area (Å²) in [4.78, 5) is 11.9. The first kappa shape index (κ1) is 14.5. The third-order valence-corrected chi connectivity index (χ3v) is 3.14. The minimum atomic E-state index is -0.193. The summed E-state index contributed by atoms with van der Waals surface area (Å²) in [5, 5.41) is 11.3. The van der Waals surface area contributed by atoms with Gasteiger partial charge < -0.3 is 5.32 Å². The predicted molar refractivity (Wildman–Crippen MR) is 78.2 cm³/mol. The van der Waals surface area contributed by atoms with Gasteiger partial charge >= 0.3 is 0 Å². The number of nitrogens with one attached hydrogen (secondary N) is 1. The normalized spacial score (nSPS) is 10.5. The van der Waals surface area contributed by atoms with E-state index < -0.39 is 0 Å². The van der Waals surface area contributed by atoms with Crippen molar-refractivity contribution in [2.45, 2.75) is 26.2 Å². The predicted octanol–water partition coefficient (Wildman–Crippen LogP) is 2.84. The van der Waals surface area contributed by atoms with Crippen molar-refractivity contribution in [3.8, 4) is 5.69 Å². The fourth-order valence-electron chi connectivity index (χ4n) is 1.76. The first-order valence-corrected chi connectivity index (χ1v) is 7.05. The van der Waals surface area contributed by atoms with Gasteiger partial charge in [0.15, 0.2) is 5.69 Å². The molecule has 0 radical (unpaired) electrons. The van der Waals surface area contributed by atoms with E-state index in [2.05, 4.69) is 22.6 Å². The smallest absolute Gasteiger partial charge is 0.273 e. The maximum atomic E-state index is 11.9. The molecule has 1 N–H and O–H groups in total. The first-order valence-electron chi connectivity index (χ1n) is 6.67. The molecule has 6 heteroatoms. The molecule has 1 amide bonds. The summed E-state index contributed by atoms with van der Waals surface area (Å²) in [6.07, 6.45) is 4.83. The molecule has 106 valence electrons. The van der Waals surface area contributed by atoms with Crippen LogP contribution in [-0.4, -0.2) is 27.4 Å². The molecule has 20 heavy (non-hydrogen) atoms. The first-order chi connectivity index (χ1) is 9.70. The molecule has 1 aromatic heterocycles. The number of benzene rings is 1. The van der Waals surface area contributed by atoms with Crippen LogP contribution in [-0.2, 0) is 0 Å². The van der Waals surface area contributed by atoms with E-state index in [0.29, 0.717) is 17.3 Å². The zero-order valence-electron chi connectivity index (χ0n) is 11.3. The molecule has 2 aromatic rings. The lowest BCUT2D eigenvalue weighted by atomic mass is 10.2. The van der Waals surface area contributed by atoms with Gasteiger partial charge in [-0.2, -0.15) is 0 Å². The molecule has 0 aliphatic heterocycles. The second-order valence-electron chi connectivity index (χ2n) is 4.49. The number of unbranched alkanes of at least 4 members (excludes halogenated alkanes) is 2. The Hall–Kier alpha value is -1.88. The number of carbonyl (C=O) groups excluding carboxylic acids is 1. The zero-order valence-corrected chi connectivity index (χ0v) is 12.1. The Morgan fingerprint density at radius 2 is 2.05 bits per heavy atom. The maximum Gasteiger partial charge on any atom is 0.273 e. The summed E-state index contributed by atoms with van der Waals surface area (Å²) in [5.74, 6) is -0.193. The number of amides is 1. The van der Waals surface area contributed by atoms with E-state index in [9.17, 15) is 4.79 Å². The lowest BCUT2D eigenvalue weighted by Gasteiger charge is -2.01. The van der Waals surface area contributed by atoms with Gasteiger partial charge in [-0.3, -0.25) is 4.79 Å². The highest BCUT2D eigenvalue weighted by atomic mass is 35.5. The SMILES string of the molecule is CCCCCNC(=O)c1cn(-c2ccc(Cl)cc2)nn1. The third-order valence-electron chi connectivity index (χ3n) is 2.88. The number of halogens is 1. The quantitative estimate of drug-likeness (QED) is 0.833. The highest BCUT2D eigenvalue weighted by Crippen LogP contribution is 2.12. The highest BCUT2D eigenvalue weighted by Gasteiger charge is 2.10. The van der Waals surface area contributed by atoms with E-state index in [4.69, 9.17) is 11.6 Å². The van der Waals surface area contributed by atoms with Gasteiger partial charge in [0, 0.05) is 11.6 Å². The molecule has 0 atom stereocenters. The number of rotatable bonds is 6. The summed E-state index contributed by atoms with van der Waals surface area (Å²) in [7, 11) is 0. The lowest BCUT2D eigenvalue weighted by Crippen LogP contribution is -2.24. The zero-order chi connectivity index (χ0) is 14.4. The van der Waals surface area contributed by atoms with Gasteiger partial charge in [0.05, 0.1) is 11.9 Å². The van der Waals surface area contributed by atoms with Gasteiger partial charge in [-0.25, -0.2) is 4.68 Å². The molecule has 0 bridgehead atoms. The van der Waals surface area contributed by atoms with Crippen LogP contribution in [0.1, 0.15) is 36.7 Å². The molecule has 0 saturated carbocycles. The topological polar surface area (TPSA) is 59.8 Å². The summed E-state index contributed by atoms with van der Waals surface area (Å²) in [5.41, 5.74) is 1.13. The molecular weight excluding hydrogens is 276 g/mol. The van der Waals surface area contributed by atoms with Crippen LogP contribution >= 0.6 is 11.6 Å². The monoisotopic (exact) mass is 292 g/mol. The Morgan fingerprint density at radius 1 is 1.30 bits per heavy atom. The molecule has 0 spiro atoms. The van der Waals surface area contributed by atoms with Gasteiger partial charge in [0.1, 0.15) is 0 Å². The van der Waals surface area contributed by atoms with Gasteiger partial charge in [-0.05, 0) is 30.7 Å². The van der Waals surface area contributed by atoms with Crippen LogP contribution < -0.4 is 5.32 Å². The summed E-state index contributed by atoms with van der Waals surface area (Å²) < 4.78 is 1.55. The van der Waals surface area contributed by atoms with Crippen molar-refractivity contribution in [1.82, 2.24) is 20.3 Å². The van der Waals surface area contributed by atoms with E-state index in [1.165, 1.54) is 0 Å². The van der Waals surface area contributed by atoms with Gasteiger partial charge in [-0.1, -0.05) is 36.6 Å². The van der Waals surface area contributed by atoms with Crippen molar-refractivity contribution < 1.29 is 4.79 Å². The largest absolute Gasteiger partial charge is 0.351 e. The second-order valence-corrected chi connectivity index (χ2v) is 4.92. The number of carbonyl (C=O) groups is 1. The third kappa shape index (κ3) is 3.81. The number of aromatic nitrogens is 3. The van der Waals surface area contributed by atoms with Crippen molar-refractivity contribution >= 4 is 17.5 Å². The molecule has 1 aromatic carbocycles. The fraction of sp³-hybridized carbons (Fsp3) is 0.357. The van der Waals surface area contributed by atoms with E-state index in [1.807, 2.05) is 12.1 Å². The van der Waals surface area contributed by atoms with E-state index >= 15 is 0 Å². The van der Waals surface area contributed by atoms with Crippen LogP contribution in [0.3, 0.4) is 0 Å². The molecular formula is C14H17ClN4O. The summed E-state index contributed by atoms with van der Waals surface area (Å²) in [6, 6.07) is 7.17. The highest BCUT2D eigenvalue weighted by molar-refractivity contribution is 6.30. The fourth-order valence-corrected chi connectivity index (χ4v) is 1.88. The van der Waals surface area contributed by atoms with Crippen LogP contribution in [0.25, 0.3) is 5.69 Å². The maximum absolute atomic E-state index is 11.9. The van der Waals surface area contributed by atoms with Gasteiger partial charge in [0.25, 0.3) is 5.91 Å². The van der Waals surface area contributed by atoms with Crippen molar-refractivity contribution in [1.29, 1.82) is 0 Å². The van der Waals surface area contributed by atoms with Crippen molar-refractivity contribution in [2.24, 2.45) is 0 Å². The van der Waals surface area contributed by atoms with Crippen LogP contribution in [0.5, 0.6) is 0 Å². The minimum Gasteiger partial charge on any atom is -0.351 e. The molecule has 0 aliphatic carbocycles. The molecule has 0 aliphatic rings. The van der Waals surface area contributed by atoms with E-state index in [1.54, 1.807) is 23.0 Å². The Balaban J connectivity index is 1.98. The van der Waals surface area contributed by atoms with Crippen LogP contribution in [0.4, 0.5) is 0 Å². The average Bonchev–Trinajstić information content (AvgIpc) is 2.94. The van der Waals surface area contributed by atoms with Gasteiger partial charge in [0.2, 0.25) is 0 Å². The standard InChI is InChI=1S/C14H17ClN4O/c1-2-3-4-9-16-14(20)13-10-19(18-17-13)12-7-5-11(15)6-8-12/h5-8,10H,2-4,9H2,1H3,(H,16,20). The number of hydrogen-bond acceptors (Lipinski definition) is 3. The summed E-state index contributed by atoms with van der Waals surface area (Å²) in [6.45, 7) is 2.79. The number of hydrogen-bond donors (Lipinski definition) is 1. The Bertz CT molecular complexity index is 565. The average molecular weight is 293 g/mol. The van der Waals surface area contributed by atoms with E-state index in [0.717, 1.165) is 24.9 Å². The van der Waals surface area contributed by atoms with Crippen molar-refractivity contribution in [2.75, 3.05) is 6.54 Å². The van der Waals surface area contributed by atoms with Crippen molar-refractivity contribution in [3.63, 3.8) is 0 Å². The minimum absolute atomic E-state index is 0.193.